The van der Waals surface area contributed by atoms with Crippen molar-refractivity contribution in [3.05, 3.63) is 28.0 Å². The summed E-state index contributed by atoms with van der Waals surface area (Å²) in [5.41, 5.74) is 5.25. The van der Waals surface area contributed by atoms with Crippen molar-refractivity contribution in [2.75, 3.05) is 11.9 Å². The van der Waals surface area contributed by atoms with E-state index in [-0.39, 0.29) is 27.3 Å². The van der Waals surface area contributed by atoms with Crippen LogP contribution in [0.5, 0.6) is 0 Å². The zero-order chi connectivity index (χ0) is 14.6. The predicted molar refractivity (Wildman–Crippen MR) is 74.8 cm³/mol. The van der Waals surface area contributed by atoms with Crippen LogP contribution in [0.2, 0.25) is 10.0 Å². The Labute approximate surface area is 123 Å². The first-order chi connectivity index (χ1) is 8.81. The second kappa shape index (κ2) is 6.65. The summed E-state index contributed by atoms with van der Waals surface area (Å²) >= 11 is 15.6. The lowest BCUT2D eigenvalue weighted by molar-refractivity contribution is -0.135. The Kier molecular flexibility index (Phi) is 5.46. The summed E-state index contributed by atoms with van der Waals surface area (Å²) < 4.78 is 13.1. The standard InChI is InChI=1S/C10H8Cl2FN3O2S/c11-5-1-4(2-6(12)8(5)13)16-10(18)9(17)15-3-7(14)19/h1-2H,3H2,(H2,14,19)(H,15,17)(H,16,18). The van der Waals surface area contributed by atoms with E-state index in [1.165, 1.54) is 0 Å². The minimum absolute atomic E-state index is 0.0361. The number of nitrogens with two attached hydrogens (primary N) is 1. The maximum atomic E-state index is 13.1. The quantitative estimate of drug-likeness (QED) is 0.447. The highest BCUT2D eigenvalue weighted by Gasteiger charge is 2.15. The molecule has 0 radical (unpaired) electrons. The number of anilines is 1. The Morgan fingerprint density at radius 3 is 2.26 bits per heavy atom. The van der Waals surface area contributed by atoms with Gasteiger partial charge in [0.2, 0.25) is 0 Å². The van der Waals surface area contributed by atoms with E-state index in [1.807, 2.05) is 0 Å². The molecule has 0 spiro atoms. The monoisotopic (exact) mass is 323 g/mol. The fraction of sp³-hybridized carbons (Fsp3) is 0.100. The predicted octanol–water partition coefficient (Wildman–Crippen LogP) is 1.47. The van der Waals surface area contributed by atoms with Crippen LogP contribution in [-0.4, -0.2) is 23.3 Å². The van der Waals surface area contributed by atoms with E-state index in [0.717, 1.165) is 12.1 Å². The second-order valence-corrected chi connectivity index (χ2v) is 4.70. The molecule has 0 fully saturated rings. The maximum Gasteiger partial charge on any atom is 0.313 e. The van der Waals surface area contributed by atoms with E-state index in [1.54, 1.807) is 0 Å². The molecule has 0 heterocycles. The summed E-state index contributed by atoms with van der Waals surface area (Å²) in [4.78, 5) is 22.8. The van der Waals surface area contributed by atoms with Gasteiger partial charge in [0.15, 0.2) is 5.82 Å². The van der Waals surface area contributed by atoms with Crippen LogP contribution in [0.1, 0.15) is 0 Å². The van der Waals surface area contributed by atoms with E-state index < -0.39 is 17.6 Å². The van der Waals surface area contributed by atoms with Crippen LogP contribution < -0.4 is 16.4 Å². The number of hydrogen-bond donors (Lipinski definition) is 3. The molecule has 0 saturated carbocycles. The number of benzene rings is 1. The lowest BCUT2D eigenvalue weighted by Crippen LogP contribution is -2.39. The van der Waals surface area contributed by atoms with E-state index in [0.29, 0.717) is 0 Å². The summed E-state index contributed by atoms with van der Waals surface area (Å²) in [7, 11) is 0. The highest BCUT2D eigenvalue weighted by molar-refractivity contribution is 7.80. The molecule has 2 amide bonds. The number of thiocarbonyl (C=S) groups is 1. The minimum Gasteiger partial charge on any atom is -0.392 e. The molecule has 0 unspecified atom stereocenters. The zero-order valence-electron chi connectivity index (χ0n) is 9.30. The van der Waals surface area contributed by atoms with E-state index in [4.69, 9.17) is 28.9 Å². The van der Waals surface area contributed by atoms with E-state index in [9.17, 15) is 14.0 Å². The van der Waals surface area contributed by atoms with Crippen LogP contribution in [0.3, 0.4) is 0 Å². The Bertz CT molecular complexity index is 531. The number of nitrogens with one attached hydrogen (secondary N) is 2. The van der Waals surface area contributed by atoms with Gasteiger partial charge in [0, 0.05) is 5.69 Å². The number of amides is 2. The third-order valence-electron chi connectivity index (χ3n) is 1.87. The Morgan fingerprint density at radius 1 is 1.26 bits per heavy atom. The molecule has 0 aliphatic heterocycles. The van der Waals surface area contributed by atoms with Crippen LogP contribution in [0.25, 0.3) is 0 Å². The molecule has 19 heavy (non-hydrogen) atoms. The van der Waals surface area contributed by atoms with Gasteiger partial charge in [-0.1, -0.05) is 35.4 Å². The average Bonchev–Trinajstić information content (AvgIpc) is 2.32. The Balaban J connectivity index is 2.72. The molecule has 0 aliphatic carbocycles. The first-order valence-corrected chi connectivity index (χ1v) is 5.99. The molecule has 4 N–H and O–H groups in total. The topological polar surface area (TPSA) is 84.2 Å². The second-order valence-electron chi connectivity index (χ2n) is 3.36. The highest BCUT2D eigenvalue weighted by atomic mass is 35.5. The summed E-state index contributed by atoms with van der Waals surface area (Å²) in [6.45, 7) is -0.105. The van der Waals surface area contributed by atoms with Crippen LogP contribution in [0, 0.1) is 5.82 Å². The first kappa shape index (κ1) is 15.6. The largest absolute Gasteiger partial charge is 0.392 e. The van der Waals surface area contributed by atoms with Gasteiger partial charge < -0.3 is 16.4 Å². The van der Waals surface area contributed by atoms with Crippen molar-refractivity contribution in [3.8, 4) is 0 Å². The summed E-state index contributed by atoms with van der Waals surface area (Å²) in [5, 5.41) is 3.85. The molecule has 1 rings (SSSR count). The van der Waals surface area contributed by atoms with Crippen LogP contribution in [-0.2, 0) is 9.59 Å². The van der Waals surface area contributed by atoms with Crippen molar-refractivity contribution in [1.82, 2.24) is 5.32 Å². The van der Waals surface area contributed by atoms with Gasteiger partial charge in [0.25, 0.3) is 0 Å². The van der Waals surface area contributed by atoms with Crippen molar-refractivity contribution in [2.45, 2.75) is 0 Å². The maximum absolute atomic E-state index is 13.1. The molecule has 0 saturated heterocycles. The fourth-order valence-corrected chi connectivity index (χ4v) is 1.62. The summed E-state index contributed by atoms with van der Waals surface area (Å²) in [6, 6.07) is 2.25. The lowest BCUT2D eigenvalue weighted by atomic mass is 10.3. The normalized spacial score (nSPS) is 9.84. The molecular formula is C10H8Cl2FN3O2S. The molecule has 1 aromatic rings. The molecule has 1 aromatic carbocycles. The molecule has 0 aromatic heterocycles. The highest BCUT2D eigenvalue weighted by Crippen LogP contribution is 2.27. The van der Waals surface area contributed by atoms with Gasteiger partial charge in [-0.05, 0) is 12.1 Å². The van der Waals surface area contributed by atoms with E-state index >= 15 is 0 Å². The number of halogens is 3. The van der Waals surface area contributed by atoms with Crippen LogP contribution in [0.4, 0.5) is 10.1 Å². The fourth-order valence-electron chi connectivity index (χ4n) is 1.06. The van der Waals surface area contributed by atoms with Gasteiger partial charge in [-0.15, -0.1) is 0 Å². The van der Waals surface area contributed by atoms with Gasteiger partial charge in [-0.3, -0.25) is 9.59 Å². The average molecular weight is 324 g/mol. The van der Waals surface area contributed by atoms with Gasteiger partial charge in [-0.25, -0.2) is 4.39 Å². The Morgan fingerprint density at radius 2 is 1.79 bits per heavy atom. The van der Waals surface area contributed by atoms with Crippen LogP contribution >= 0.6 is 35.4 Å². The molecular weight excluding hydrogens is 316 g/mol. The van der Waals surface area contributed by atoms with Crippen molar-refractivity contribution in [2.24, 2.45) is 5.73 Å². The van der Waals surface area contributed by atoms with Crippen molar-refractivity contribution in [3.63, 3.8) is 0 Å². The molecule has 9 heteroatoms. The summed E-state index contributed by atoms with van der Waals surface area (Å²) in [6.07, 6.45) is 0. The molecule has 0 bridgehead atoms. The van der Waals surface area contributed by atoms with Gasteiger partial charge in [0.1, 0.15) is 0 Å². The van der Waals surface area contributed by atoms with Gasteiger partial charge >= 0.3 is 11.8 Å². The lowest BCUT2D eigenvalue weighted by Gasteiger charge is -2.07. The molecule has 102 valence electrons. The third kappa shape index (κ3) is 4.62. The minimum atomic E-state index is -0.977. The molecule has 5 nitrogen and oxygen atoms in total. The Hall–Kier alpha value is -1.44. The number of hydrogen-bond acceptors (Lipinski definition) is 3. The van der Waals surface area contributed by atoms with Crippen molar-refractivity contribution in [1.29, 1.82) is 0 Å². The first-order valence-electron chi connectivity index (χ1n) is 4.83. The van der Waals surface area contributed by atoms with E-state index in [2.05, 4.69) is 22.9 Å². The zero-order valence-corrected chi connectivity index (χ0v) is 11.6. The summed E-state index contributed by atoms with van der Waals surface area (Å²) in [5.74, 6) is -2.72. The third-order valence-corrected chi connectivity index (χ3v) is 2.57. The van der Waals surface area contributed by atoms with Crippen molar-refractivity contribution >= 4 is 57.9 Å². The SMILES string of the molecule is NC(=S)CNC(=O)C(=O)Nc1cc(Cl)c(F)c(Cl)c1. The number of carbonyl (C=O) groups is 2. The number of carbonyl (C=O) groups excluding carboxylic acids is 2. The van der Waals surface area contributed by atoms with Crippen LogP contribution in [0.15, 0.2) is 12.1 Å². The molecule has 0 aliphatic rings. The smallest absolute Gasteiger partial charge is 0.313 e. The van der Waals surface area contributed by atoms with Gasteiger partial charge in [0.05, 0.1) is 21.6 Å². The molecule has 0 atom stereocenters. The van der Waals surface area contributed by atoms with Crippen molar-refractivity contribution < 1.29 is 14.0 Å². The number of rotatable bonds is 3. The van der Waals surface area contributed by atoms with Gasteiger partial charge in [-0.2, -0.15) is 0 Å².